The summed E-state index contributed by atoms with van der Waals surface area (Å²) in [6.07, 6.45) is 8.68. The minimum absolute atomic E-state index is 0.144. The first kappa shape index (κ1) is 17.6. The Balaban J connectivity index is 1.74. The fraction of sp³-hybridized carbons (Fsp3) is 0.238. The molecular weight excluding hydrogens is 366 g/mol. The van der Waals surface area contributed by atoms with E-state index in [0.717, 1.165) is 63.3 Å². The molecule has 0 saturated carbocycles. The molecule has 8 heteroatoms. The average molecular weight is 387 g/mol. The smallest absolute Gasteiger partial charge is 0.248 e. The molecule has 0 radical (unpaired) electrons. The van der Waals surface area contributed by atoms with Gasteiger partial charge in [0.25, 0.3) is 0 Å². The van der Waals surface area contributed by atoms with Crippen LogP contribution in [0.5, 0.6) is 0 Å². The molecule has 5 heterocycles. The summed E-state index contributed by atoms with van der Waals surface area (Å²) in [6.45, 7) is 3.34. The van der Waals surface area contributed by atoms with Gasteiger partial charge in [-0.15, -0.1) is 0 Å². The zero-order chi connectivity index (χ0) is 20.0. The molecule has 1 aliphatic heterocycles. The van der Waals surface area contributed by atoms with Gasteiger partial charge in [0.15, 0.2) is 0 Å². The first-order valence-corrected chi connectivity index (χ1v) is 9.57. The Labute approximate surface area is 166 Å². The quantitative estimate of drug-likeness (QED) is 0.429. The fourth-order valence-corrected chi connectivity index (χ4v) is 3.83. The Morgan fingerprint density at radius 1 is 1.21 bits per heavy atom. The third kappa shape index (κ3) is 3.17. The predicted molar refractivity (Wildman–Crippen MR) is 112 cm³/mol. The maximum absolute atomic E-state index is 12.0. The van der Waals surface area contributed by atoms with Crippen molar-refractivity contribution in [2.45, 2.75) is 19.9 Å². The molecule has 1 aliphatic rings. The molecule has 4 aromatic rings. The van der Waals surface area contributed by atoms with E-state index in [1.807, 2.05) is 37.0 Å². The van der Waals surface area contributed by atoms with E-state index < -0.39 is 0 Å². The standard InChI is InChI=1S/C21H21N7O/c1-12-21-16-7-19(24-12)15-8-20(29)23-10-14(15)9-22-6-5-17-13(11-28(2)27-17)3-4-18(16)25-26-21/h3-4,7-8,10-11,22H,5-6,9H2,1-2H3,(H,23,29)(H,25,26)/b4-3+. The minimum Gasteiger partial charge on any atom is -0.329 e. The van der Waals surface area contributed by atoms with Crippen LogP contribution in [0.2, 0.25) is 0 Å². The highest BCUT2D eigenvalue weighted by Gasteiger charge is 2.15. The number of aryl methyl sites for hydroxylation is 2. The van der Waals surface area contributed by atoms with Gasteiger partial charge in [-0.3, -0.25) is 19.6 Å². The second-order valence-electron chi connectivity index (χ2n) is 7.33. The highest BCUT2D eigenvalue weighted by Crippen LogP contribution is 2.28. The third-order valence-electron chi connectivity index (χ3n) is 5.25. The fourth-order valence-electron chi connectivity index (χ4n) is 3.83. The van der Waals surface area contributed by atoms with Crippen molar-refractivity contribution in [2.75, 3.05) is 6.54 Å². The molecule has 0 fully saturated rings. The average Bonchev–Trinajstić information content (AvgIpc) is 3.27. The minimum atomic E-state index is -0.144. The molecule has 3 N–H and O–H groups in total. The number of rotatable bonds is 0. The van der Waals surface area contributed by atoms with Crippen LogP contribution < -0.4 is 10.9 Å². The van der Waals surface area contributed by atoms with Crippen LogP contribution in [-0.4, -0.2) is 36.5 Å². The van der Waals surface area contributed by atoms with Gasteiger partial charge in [-0.25, -0.2) is 0 Å². The number of pyridine rings is 2. The van der Waals surface area contributed by atoms with E-state index in [1.54, 1.807) is 12.3 Å². The summed E-state index contributed by atoms with van der Waals surface area (Å²) in [5.74, 6) is 0. The summed E-state index contributed by atoms with van der Waals surface area (Å²) in [6, 6.07) is 3.61. The first-order chi connectivity index (χ1) is 14.1. The molecule has 0 atom stereocenters. The molecule has 0 aliphatic carbocycles. The molecule has 146 valence electrons. The Kier molecular flexibility index (Phi) is 4.13. The van der Waals surface area contributed by atoms with Gasteiger partial charge in [0.05, 0.1) is 22.8 Å². The van der Waals surface area contributed by atoms with E-state index in [-0.39, 0.29) is 5.56 Å². The highest BCUT2D eigenvalue weighted by molar-refractivity contribution is 5.93. The predicted octanol–water partition coefficient (Wildman–Crippen LogP) is 2.17. The number of fused-ring (bicyclic) bond motifs is 4. The Hall–Kier alpha value is -3.52. The van der Waals surface area contributed by atoms with Crippen LogP contribution >= 0.6 is 0 Å². The second-order valence-corrected chi connectivity index (χ2v) is 7.33. The van der Waals surface area contributed by atoms with Crippen LogP contribution in [0.1, 0.15) is 28.2 Å². The summed E-state index contributed by atoms with van der Waals surface area (Å²) < 4.78 is 1.84. The number of hydrogen-bond acceptors (Lipinski definition) is 5. The number of H-pyrrole nitrogens is 2. The molecule has 0 amide bonds. The zero-order valence-corrected chi connectivity index (χ0v) is 16.3. The van der Waals surface area contributed by atoms with E-state index in [4.69, 9.17) is 4.98 Å². The lowest BCUT2D eigenvalue weighted by atomic mass is 10.0. The Bertz CT molecular complexity index is 1310. The summed E-state index contributed by atoms with van der Waals surface area (Å²) in [7, 11) is 1.93. The van der Waals surface area contributed by atoms with Crippen LogP contribution in [-0.2, 0) is 20.0 Å². The number of hydrogen-bond donors (Lipinski definition) is 3. The lowest BCUT2D eigenvalue weighted by Crippen LogP contribution is -2.19. The molecule has 0 unspecified atom stereocenters. The van der Waals surface area contributed by atoms with Gasteiger partial charge in [0.1, 0.15) is 5.52 Å². The van der Waals surface area contributed by atoms with E-state index in [2.05, 4.69) is 31.7 Å². The van der Waals surface area contributed by atoms with Gasteiger partial charge in [0.2, 0.25) is 5.56 Å². The maximum Gasteiger partial charge on any atom is 0.248 e. The van der Waals surface area contributed by atoms with Crippen molar-refractivity contribution >= 4 is 23.1 Å². The van der Waals surface area contributed by atoms with E-state index in [1.165, 1.54) is 0 Å². The summed E-state index contributed by atoms with van der Waals surface area (Å²) in [5, 5.41) is 16.6. The molecule has 8 nitrogen and oxygen atoms in total. The van der Waals surface area contributed by atoms with Crippen molar-refractivity contribution in [3.8, 4) is 11.3 Å². The van der Waals surface area contributed by atoms with Crippen molar-refractivity contribution in [1.82, 2.24) is 35.3 Å². The van der Waals surface area contributed by atoms with E-state index in [9.17, 15) is 4.79 Å². The SMILES string of the molecule is Cc1nc2cc3c([nH]nc13)/C=C/c1cn(C)nc1CCNCc1c[nH]c(=O)cc1-2. The maximum atomic E-state index is 12.0. The zero-order valence-electron chi connectivity index (χ0n) is 16.3. The monoisotopic (exact) mass is 387 g/mol. The second kappa shape index (κ2) is 6.82. The van der Waals surface area contributed by atoms with E-state index in [0.29, 0.717) is 6.54 Å². The molecule has 0 aromatic carbocycles. The van der Waals surface area contributed by atoms with Crippen LogP contribution in [0.3, 0.4) is 0 Å². The van der Waals surface area contributed by atoms with Crippen LogP contribution in [0, 0.1) is 6.92 Å². The lowest BCUT2D eigenvalue weighted by Gasteiger charge is -2.11. The third-order valence-corrected chi connectivity index (χ3v) is 5.25. The van der Waals surface area contributed by atoms with Gasteiger partial charge in [-0.1, -0.05) is 0 Å². The van der Waals surface area contributed by atoms with Gasteiger partial charge in [-0.05, 0) is 30.7 Å². The van der Waals surface area contributed by atoms with Crippen LogP contribution in [0.25, 0.3) is 34.3 Å². The van der Waals surface area contributed by atoms with E-state index >= 15 is 0 Å². The normalized spacial score (nSPS) is 15.1. The molecule has 0 saturated heterocycles. The largest absolute Gasteiger partial charge is 0.329 e. The summed E-state index contributed by atoms with van der Waals surface area (Å²) in [4.78, 5) is 19.5. The number of aromatic amines is 2. The molecule has 2 bridgehead atoms. The first-order valence-electron chi connectivity index (χ1n) is 9.57. The van der Waals surface area contributed by atoms with Gasteiger partial charge in [-0.2, -0.15) is 10.2 Å². The lowest BCUT2D eigenvalue weighted by molar-refractivity contribution is 0.664. The Morgan fingerprint density at radius 2 is 2.10 bits per heavy atom. The number of aromatic nitrogens is 6. The molecule has 4 aromatic heterocycles. The summed E-state index contributed by atoms with van der Waals surface area (Å²) >= 11 is 0. The molecule has 5 rings (SSSR count). The van der Waals surface area contributed by atoms with Crippen molar-refractivity contribution < 1.29 is 0 Å². The number of nitrogens with zero attached hydrogens (tertiary/aromatic N) is 4. The van der Waals surface area contributed by atoms with Gasteiger partial charge < -0.3 is 10.3 Å². The molecule has 29 heavy (non-hydrogen) atoms. The van der Waals surface area contributed by atoms with Crippen molar-refractivity contribution in [2.24, 2.45) is 7.05 Å². The van der Waals surface area contributed by atoms with Crippen molar-refractivity contribution in [3.63, 3.8) is 0 Å². The van der Waals surface area contributed by atoms with Crippen molar-refractivity contribution in [3.05, 3.63) is 63.1 Å². The molecular formula is C21H21N7O. The molecule has 0 spiro atoms. The van der Waals surface area contributed by atoms with Crippen LogP contribution in [0.15, 0.2) is 29.3 Å². The topological polar surface area (TPSA) is 104 Å². The van der Waals surface area contributed by atoms with Gasteiger partial charge in [0, 0.05) is 61.5 Å². The number of nitrogens with one attached hydrogen (secondary N) is 3. The summed E-state index contributed by atoms with van der Waals surface area (Å²) in [5.41, 5.74) is 7.14. The Morgan fingerprint density at radius 3 is 3.00 bits per heavy atom. The highest BCUT2D eigenvalue weighted by atomic mass is 16.1. The van der Waals surface area contributed by atoms with Crippen LogP contribution in [0.4, 0.5) is 0 Å². The van der Waals surface area contributed by atoms with Gasteiger partial charge >= 0.3 is 0 Å². The van der Waals surface area contributed by atoms with Crippen molar-refractivity contribution in [1.29, 1.82) is 0 Å².